The van der Waals surface area contributed by atoms with Gasteiger partial charge in [-0.05, 0) is 49.2 Å². The predicted octanol–water partition coefficient (Wildman–Crippen LogP) is 3.80. The van der Waals surface area contributed by atoms with Gasteiger partial charge in [-0.2, -0.15) is 0 Å². The van der Waals surface area contributed by atoms with Crippen LogP contribution >= 0.6 is 0 Å². The van der Waals surface area contributed by atoms with Gasteiger partial charge >= 0.3 is 6.09 Å². The largest absolute Gasteiger partial charge is 0.453 e. The van der Waals surface area contributed by atoms with E-state index in [1.54, 1.807) is 30.3 Å². The molecule has 1 fully saturated rings. The molecule has 0 aliphatic carbocycles. The third-order valence-corrected chi connectivity index (χ3v) is 4.71. The monoisotopic (exact) mass is 383 g/mol. The maximum absolute atomic E-state index is 13.1. The van der Waals surface area contributed by atoms with E-state index in [0.717, 1.165) is 6.42 Å². The highest BCUT2D eigenvalue weighted by Crippen LogP contribution is 2.27. The number of nitrogens with one attached hydrogen (secondary N) is 1. The van der Waals surface area contributed by atoms with E-state index >= 15 is 0 Å². The van der Waals surface area contributed by atoms with Gasteiger partial charge in [-0.25, -0.2) is 14.2 Å². The number of oxazole rings is 1. The molecule has 1 N–H and O–H groups in total. The summed E-state index contributed by atoms with van der Waals surface area (Å²) in [5.74, 6) is -0.246. The third-order valence-electron chi connectivity index (χ3n) is 4.71. The van der Waals surface area contributed by atoms with Crippen LogP contribution < -0.4 is 5.32 Å². The molecule has 0 spiro atoms. The van der Waals surface area contributed by atoms with Crippen LogP contribution in [0, 0.1) is 5.82 Å². The molecule has 4 rings (SSSR count). The number of halogens is 1. The predicted molar refractivity (Wildman–Crippen MR) is 100 cm³/mol. The minimum Gasteiger partial charge on any atom is -0.453 e. The fourth-order valence-electron chi connectivity index (χ4n) is 3.32. The molecule has 2 amide bonds. The highest BCUT2D eigenvalue weighted by atomic mass is 19.1. The van der Waals surface area contributed by atoms with Crippen LogP contribution in [-0.4, -0.2) is 41.6 Å². The number of rotatable bonds is 3. The fourth-order valence-corrected chi connectivity index (χ4v) is 3.32. The quantitative estimate of drug-likeness (QED) is 0.744. The Balaban J connectivity index is 1.54. The van der Waals surface area contributed by atoms with E-state index in [2.05, 4.69) is 10.3 Å². The summed E-state index contributed by atoms with van der Waals surface area (Å²) in [5.41, 5.74) is 2.31. The molecule has 2 aromatic carbocycles. The molecule has 1 atom stereocenters. The molecule has 0 bridgehead atoms. The Morgan fingerprint density at radius 3 is 2.79 bits per heavy atom. The topological polar surface area (TPSA) is 84.7 Å². The molecule has 1 aliphatic heterocycles. The molecule has 0 radical (unpaired) electrons. The lowest BCUT2D eigenvalue weighted by Crippen LogP contribution is -2.43. The van der Waals surface area contributed by atoms with Crippen molar-refractivity contribution < 1.29 is 23.1 Å². The molecule has 1 unspecified atom stereocenters. The average molecular weight is 383 g/mol. The zero-order valence-electron chi connectivity index (χ0n) is 15.1. The van der Waals surface area contributed by atoms with Gasteiger partial charge in [0.25, 0.3) is 0 Å². The number of hydrogen-bond donors (Lipinski definition) is 1. The smallest absolute Gasteiger partial charge is 0.410 e. The number of likely N-dealkylation sites (tertiary alicyclic amines) is 1. The van der Waals surface area contributed by atoms with Gasteiger partial charge in [-0.3, -0.25) is 9.69 Å². The molecule has 1 aromatic heterocycles. The maximum Gasteiger partial charge on any atom is 0.410 e. The van der Waals surface area contributed by atoms with Crippen LogP contribution in [0.5, 0.6) is 0 Å². The van der Waals surface area contributed by atoms with Crippen molar-refractivity contribution in [2.75, 3.05) is 19.0 Å². The molecule has 8 heteroatoms. The number of fused-ring (bicyclic) bond motifs is 1. The number of anilines is 1. The van der Waals surface area contributed by atoms with E-state index < -0.39 is 12.1 Å². The lowest BCUT2D eigenvalue weighted by molar-refractivity contribution is -0.119. The first-order chi connectivity index (χ1) is 13.5. The third kappa shape index (κ3) is 3.40. The lowest BCUT2D eigenvalue weighted by Gasteiger charge is -2.22. The van der Waals surface area contributed by atoms with Crippen molar-refractivity contribution >= 4 is 28.8 Å². The van der Waals surface area contributed by atoms with E-state index in [0.29, 0.717) is 41.2 Å². The van der Waals surface area contributed by atoms with E-state index in [-0.39, 0.29) is 11.7 Å². The second-order valence-corrected chi connectivity index (χ2v) is 6.52. The van der Waals surface area contributed by atoms with Crippen molar-refractivity contribution in [3.05, 3.63) is 48.3 Å². The molecule has 28 heavy (non-hydrogen) atoms. The molecular weight excluding hydrogens is 365 g/mol. The zero-order valence-corrected chi connectivity index (χ0v) is 15.1. The van der Waals surface area contributed by atoms with Gasteiger partial charge in [0.05, 0.1) is 7.11 Å². The summed E-state index contributed by atoms with van der Waals surface area (Å²) >= 11 is 0. The summed E-state index contributed by atoms with van der Waals surface area (Å²) in [7, 11) is 1.30. The summed E-state index contributed by atoms with van der Waals surface area (Å²) < 4.78 is 23.6. The molecule has 1 saturated heterocycles. The number of carbonyl (C=O) groups excluding carboxylic acids is 2. The van der Waals surface area contributed by atoms with Gasteiger partial charge in [0.15, 0.2) is 5.58 Å². The van der Waals surface area contributed by atoms with Crippen LogP contribution in [-0.2, 0) is 9.53 Å². The Labute approximate surface area is 160 Å². The number of nitrogens with zero attached hydrogens (tertiary/aromatic N) is 2. The molecule has 7 nitrogen and oxygen atoms in total. The van der Waals surface area contributed by atoms with E-state index in [9.17, 15) is 14.0 Å². The van der Waals surface area contributed by atoms with Crippen molar-refractivity contribution in [2.24, 2.45) is 0 Å². The summed E-state index contributed by atoms with van der Waals surface area (Å²) in [6, 6.07) is 10.4. The van der Waals surface area contributed by atoms with Crippen LogP contribution in [0.15, 0.2) is 46.9 Å². The van der Waals surface area contributed by atoms with Crippen molar-refractivity contribution in [1.29, 1.82) is 0 Å². The van der Waals surface area contributed by atoms with Gasteiger partial charge in [-0.1, -0.05) is 0 Å². The Kier molecular flexibility index (Phi) is 4.68. The molecule has 144 valence electrons. The van der Waals surface area contributed by atoms with Gasteiger partial charge in [0, 0.05) is 23.9 Å². The first-order valence-corrected chi connectivity index (χ1v) is 8.87. The van der Waals surface area contributed by atoms with Crippen molar-refractivity contribution in [3.63, 3.8) is 0 Å². The van der Waals surface area contributed by atoms with Crippen molar-refractivity contribution in [1.82, 2.24) is 9.88 Å². The molecule has 1 aliphatic rings. The summed E-state index contributed by atoms with van der Waals surface area (Å²) in [6.45, 7) is 0.493. The van der Waals surface area contributed by atoms with E-state index in [4.69, 9.17) is 9.15 Å². The van der Waals surface area contributed by atoms with Crippen LogP contribution in [0.1, 0.15) is 12.8 Å². The van der Waals surface area contributed by atoms with Crippen molar-refractivity contribution in [2.45, 2.75) is 18.9 Å². The molecular formula is C20H18FN3O4. The van der Waals surface area contributed by atoms with Crippen LogP contribution in [0.2, 0.25) is 0 Å². The number of aromatic nitrogens is 1. The Hall–Kier alpha value is -3.42. The SMILES string of the molecule is COC(=O)N1CCCC1C(=O)Nc1ccc2nc(-c3ccc(F)cc3)oc2c1. The summed E-state index contributed by atoms with van der Waals surface area (Å²) in [6.07, 6.45) is 0.822. The second-order valence-electron chi connectivity index (χ2n) is 6.52. The zero-order chi connectivity index (χ0) is 19.7. The maximum atomic E-state index is 13.1. The summed E-state index contributed by atoms with van der Waals surface area (Å²) in [5, 5.41) is 2.82. The molecule has 3 aromatic rings. The number of hydrogen-bond acceptors (Lipinski definition) is 5. The summed E-state index contributed by atoms with van der Waals surface area (Å²) in [4.78, 5) is 30.2. The van der Waals surface area contributed by atoms with E-state index in [1.165, 1.54) is 24.1 Å². The second kappa shape index (κ2) is 7.30. The van der Waals surface area contributed by atoms with E-state index in [1.807, 2.05) is 0 Å². The number of carbonyl (C=O) groups is 2. The minimum absolute atomic E-state index is 0.277. The van der Waals surface area contributed by atoms with Gasteiger partial charge in [0.1, 0.15) is 17.4 Å². The Bertz CT molecular complexity index is 1030. The van der Waals surface area contributed by atoms with Crippen LogP contribution in [0.4, 0.5) is 14.9 Å². The van der Waals surface area contributed by atoms with Gasteiger partial charge in [0.2, 0.25) is 11.8 Å². The first kappa shape index (κ1) is 18.0. The lowest BCUT2D eigenvalue weighted by atomic mass is 10.2. The first-order valence-electron chi connectivity index (χ1n) is 8.87. The highest BCUT2D eigenvalue weighted by molar-refractivity contribution is 5.98. The van der Waals surface area contributed by atoms with Crippen LogP contribution in [0.25, 0.3) is 22.6 Å². The van der Waals surface area contributed by atoms with Gasteiger partial charge < -0.3 is 14.5 Å². The fraction of sp³-hybridized carbons (Fsp3) is 0.250. The standard InChI is InChI=1S/C20H18FN3O4/c1-27-20(26)24-10-2-3-16(24)18(25)22-14-8-9-15-17(11-14)28-19(23-15)12-4-6-13(21)7-5-12/h4-9,11,16H,2-3,10H2,1H3,(H,22,25). The number of methoxy groups -OCH3 is 1. The average Bonchev–Trinajstić information content (AvgIpc) is 3.34. The van der Waals surface area contributed by atoms with Crippen LogP contribution in [0.3, 0.4) is 0 Å². The Morgan fingerprint density at radius 2 is 2.04 bits per heavy atom. The number of amides is 2. The minimum atomic E-state index is -0.562. The normalized spacial score (nSPS) is 16.4. The Morgan fingerprint density at radius 1 is 1.25 bits per heavy atom. The van der Waals surface area contributed by atoms with Crippen molar-refractivity contribution in [3.8, 4) is 11.5 Å². The molecule has 0 saturated carbocycles. The highest BCUT2D eigenvalue weighted by Gasteiger charge is 2.34. The number of benzene rings is 2. The van der Waals surface area contributed by atoms with Gasteiger partial charge in [-0.15, -0.1) is 0 Å². The molecule has 2 heterocycles. The number of ether oxygens (including phenoxy) is 1.